The lowest BCUT2D eigenvalue weighted by Gasteiger charge is -2.27. The van der Waals surface area contributed by atoms with E-state index in [-0.39, 0.29) is 18.6 Å². The van der Waals surface area contributed by atoms with Crippen LogP contribution in [0.5, 0.6) is 0 Å². The highest BCUT2D eigenvalue weighted by Crippen LogP contribution is 2.23. The summed E-state index contributed by atoms with van der Waals surface area (Å²) in [5.74, 6) is 0.288. The van der Waals surface area contributed by atoms with Crippen molar-refractivity contribution in [3.63, 3.8) is 0 Å². The molecule has 70 valence electrons. The molecule has 0 aromatic rings. The van der Waals surface area contributed by atoms with Gasteiger partial charge < -0.3 is 15.5 Å². The van der Waals surface area contributed by atoms with Gasteiger partial charge in [-0.1, -0.05) is 6.42 Å². The lowest BCUT2D eigenvalue weighted by Crippen LogP contribution is -2.38. The second-order valence-corrected chi connectivity index (χ2v) is 3.36. The third-order valence-corrected chi connectivity index (χ3v) is 2.37. The summed E-state index contributed by atoms with van der Waals surface area (Å²) in [6.07, 6.45) is 2.76. The fourth-order valence-corrected chi connectivity index (χ4v) is 1.76. The van der Waals surface area contributed by atoms with E-state index in [9.17, 15) is 4.79 Å². The molecule has 0 heterocycles. The SMILES string of the molecule is O=C(O)N[C@H]1CCC[C@@H](CO)C1. The van der Waals surface area contributed by atoms with Crippen LogP contribution >= 0.6 is 0 Å². The second kappa shape index (κ2) is 4.30. The van der Waals surface area contributed by atoms with Crippen molar-refractivity contribution in [3.05, 3.63) is 0 Å². The van der Waals surface area contributed by atoms with Crippen LogP contribution in [0.4, 0.5) is 4.79 Å². The fraction of sp³-hybridized carbons (Fsp3) is 0.875. The molecule has 0 aromatic carbocycles. The van der Waals surface area contributed by atoms with Gasteiger partial charge in [0.05, 0.1) is 0 Å². The largest absolute Gasteiger partial charge is 0.465 e. The van der Waals surface area contributed by atoms with Crippen molar-refractivity contribution < 1.29 is 15.0 Å². The maximum Gasteiger partial charge on any atom is 0.404 e. The number of carbonyl (C=O) groups is 1. The van der Waals surface area contributed by atoms with Crippen LogP contribution in [0.3, 0.4) is 0 Å². The summed E-state index contributed by atoms with van der Waals surface area (Å²) in [5, 5.41) is 19.8. The summed E-state index contributed by atoms with van der Waals surface area (Å²) in [6, 6.07) is 0.0494. The van der Waals surface area contributed by atoms with E-state index in [1.807, 2.05) is 0 Å². The van der Waals surface area contributed by atoms with Crippen molar-refractivity contribution in [3.8, 4) is 0 Å². The Morgan fingerprint density at radius 1 is 1.50 bits per heavy atom. The van der Waals surface area contributed by atoms with Gasteiger partial charge in [-0.3, -0.25) is 0 Å². The van der Waals surface area contributed by atoms with E-state index >= 15 is 0 Å². The molecule has 1 fully saturated rings. The van der Waals surface area contributed by atoms with Crippen LogP contribution in [-0.4, -0.2) is 29.0 Å². The smallest absolute Gasteiger partial charge is 0.404 e. The van der Waals surface area contributed by atoms with Crippen LogP contribution in [0, 0.1) is 5.92 Å². The minimum Gasteiger partial charge on any atom is -0.465 e. The van der Waals surface area contributed by atoms with Gasteiger partial charge in [-0.2, -0.15) is 0 Å². The van der Waals surface area contributed by atoms with E-state index in [0.717, 1.165) is 25.7 Å². The third kappa shape index (κ3) is 2.70. The molecule has 0 unspecified atom stereocenters. The number of carboxylic acid groups (broad SMARTS) is 1. The van der Waals surface area contributed by atoms with Crippen LogP contribution in [0.1, 0.15) is 25.7 Å². The molecule has 2 atom stereocenters. The maximum atomic E-state index is 10.3. The first-order valence-electron chi connectivity index (χ1n) is 4.32. The Labute approximate surface area is 71.6 Å². The van der Waals surface area contributed by atoms with Gasteiger partial charge in [0.25, 0.3) is 0 Å². The predicted octanol–water partition coefficient (Wildman–Crippen LogP) is 0.805. The predicted molar refractivity (Wildman–Crippen MR) is 44.0 cm³/mol. The zero-order chi connectivity index (χ0) is 8.97. The molecule has 1 saturated carbocycles. The van der Waals surface area contributed by atoms with Crippen molar-refractivity contribution in [1.82, 2.24) is 5.32 Å². The standard InChI is InChI=1S/C8H15NO3/c10-5-6-2-1-3-7(4-6)9-8(11)12/h6-7,9-10H,1-5H2,(H,11,12)/t6-,7+/m1/s1. The summed E-state index contributed by atoms with van der Waals surface area (Å²) in [7, 11) is 0. The van der Waals surface area contributed by atoms with Crippen molar-refractivity contribution in [2.45, 2.75) is 31.7 Å². The zero-order valence-electron chi connectivity index (χ0n) is 6.99. The average Bonchev–Trinajstić information content (AvgIpc) is 2.03. The maximum absolute atomic E-state index is 10.3. The molecule has 1 aliphatic carbocycles. The molecule has 0 bridgehead atoms. The average molecular weight is 173 g/mol. The minimum absolute atomic E-state index is 0.0494. The Bertz CT molecular complexity index is 160. The minimum atomic E-state index is -0.960. The Morgan fingerprint density at radius 3 is 2.83 bits per heavy atom. The normalized spacial score (nSPS) is 29.8. The Hall–Kier alpha value is -0.770. The first-order valence-corrected chi connectivity index (χ1v) is 4.32. The molecule has 0 aromatic heterocycles. The molecule has 4 heteroatoms. The summed E-state index contributed by atoms with van der Waals surface area (Å²) < 4.78 is 0. The number of aliphatic hydroxyl groups excluding tert-OH is 1. The number of amides is 1. The quantitative estimate of drug-likeness (QED) is 0.578. The summed E-state index contributed by atoms with van der Waals surface area (Å²) >= 11 is 0. The molecular formula is C8H15NO3. The molecule has 1 aliphatic rings. The Morgan fingerprint density at radius 2 is 2.25 bits per heavy atom. The van der Waals surface area contributed by atoms with E-state index in [0.29, 0.717) is 0 Å². The molecule has 1 amide bonds. The van der Waals surface area contributed by atoms with E-state index in [1.54, 1.807) is 0 Å². The molecule has 0 radical (unpaired) electrons. The van der Waals surface area contributed by atoms with Gasteiger partial charge in [0.2, 0.25) is 0 Å². The van der Waals surface area contributed by atoms with Crippen molar-refractivity contribution in [2.24, 2.45) is 5.92 Å². The van der Waals surface area contributed by atoms with Gasteiger partial charge in [-0.15, -0.1) is 0 Å². The van der Waals surface area contributed by atoms with Crippen molar-refractivity contribution >= 4 is 6.09 Å². The van der Waals surface area contributed by atoms with Crippen molar-refractivity contribution in [2.75, 3.05) is 6.61 Å². The van der Waals surface area contributed by atoms with E-state index in [2.05, 4.69) is 5.32 Å². The first-order chi connectivity index (χ1) is 5.72. The van der Waals surface area contributed by atoms with Crippen LogP contribution in [-0.2, 0) is 0 Å². The molecule has 12 heavy (non-hydrogen) atoms. The van der Waals surface area contributed by atoms with Gasteiger partial charge >= 0.3 is 6.09 Å². The van der Waals surface area contributed by atoms with E-state index in [1.165, 1.54) is 0 Å². The number of hydrogen-bond acceptors (Lipinski definition) is 2. The number of nitrogens with one attached hydrogen (secondary N) is 1. The number of aliphatic hydroxyl groups is 1. The Balaban J connectivity index is 2.30. The van der Waals surface area contributed by atoms with Gasteiger partial charge in [-0.05, 0) is 25.2 Å². The zero-order valence-corrected chi connectivity index (χ0v) is 6.99. The van der Waals surface area contributed by atoms with Gasteiger partial charge in [0.15, 0.2) is 0 Å². The van der Waals surface area contributed by atoms with E-state index in [4.69, 9.17) is 10.2 Å². The first kappa shape index (κ1) is 9.32. The third-order valence-electron chi connectivity index (χ3n) is 2.37. The topological polar surface area (TPSA) is 69.6 Å². The molecule has 0 saturated heterocycles. The van der Waals surface area contributed by atoms with Gasteiger partial charge in [0.1, 0.15) is 0 Å². The monoisotopic (exact) mass is 173 g/mol. The molecular weight excluding hydrogens is 158 g/mol. The van der Waals surface area contributed by atoms with Crippen LogP contribution in [0.2, 0.25) is 0 Å². The van der Waals surface area contributed by atoms with Crippen LogP contribution in [0.15, 0.2) is 0 Å². The summed E-state index contributed by atoms with van der Waals surface area (Å²) in [4.78, 5) is 10.3. The molecule has 0 spiro atoms. The lowest BCUT2D eigenvalue weighted by molar-refractivity contribution is 0.157. The lowest BCUT2D eigenvalue weighted by atomic mass is 9.86. The van der Waals surface area contributed by atoms with Gasteiger partial charge in [0, 0.05) is 12.6 Å². The summed E-state index contributed by atoms with van der Waals surface area (Å²) in [5.41, 5.74) is 0. The number of hydrogen-bond donors (Lipinski definition) is 3. The van der Waals surface area contributed by atoms with E-state index < -0.39 is 6.09 Å². The highest BCUT2D eigenvalue weighted by Gasteiger charge is 2.22. The number of rotatable bonds is 2. The van der Waals surface area contributed by atoms with Gasteiger partial charge in [-0.25, -0.2) is 4.79 Å². The second-order valence-electron chi connectivity index (χ2n) is 3.36. The highest BCUT2D eigenvalue weighted by atomic mass is 16.4. The molecule has 0 aliphatic heterocycles. The molecule has 4 nitrogen and oxygen atoms in total. The summed E-state index contributed by atoms with van der Waals surface area (Å²) in [6.45, 7) is 0.178. The van der Waals surface area contributed by atoms with Crippen LogP contribution < -0.4 is 5.32 Å². The molecule has 1 rings (SSSR count). The van der Waals surface area contributed by atoms with Crippen molar-refractivity contribution in [1.29, 1.82) is 0 Å². The van der Waals surface area contributed by atoms with Crippen LogP contribution in [0.25, 0.3) is 0 Å². The molecule has 3 N–H and O–H groups in total. The fourth-order valence-electron chi connectivity index (χ4n) is 1.76. The Kier molecular flexibility index (Phi) is 3.34. The highest BCUT2D eigenvalue weighted by molar-refractivity contribution is 5.64.